The Morgan fingerprint density at radius 3 is 1.40 bits per heavy atom. The summed E-state index contributed by atoms with van der Waals surface area (Å²) in [6, 6.07) is 26.7. The van der Waals surface area contributed by atoms with E-state index in [1.807, 2.05) is 86.6 Å². The third kappa shape index (κ3) is 28.0. The minimum Gasteiger partial charge on any atom is -0.459 e. The number of fused-ring (bicyclic) bond motifs is 4. The van der Waals surface area contributed by atoms with Gasteiger partial charge >= 0.3 is 15.6 Å². The van der Waals surface area contributed by atoms with Gasteiger partial charge in [0, 0.05) is 104 Å². The van der Waals surface area contributed by atoms with Gasteiger partial charge in [0.25, 0.3) is 0 Å². The number of hydrogen-bond acceptors (Lipinski definition) is 15. The highest BCUT2D eigenvalue weighted by atomic mass is 79.9. The predicted octanol–water partition coefficient (Wildman–Crippen LogP) is 19.8. The Morgan fingerprint density at radius 2 is 0.979 bits per heavy atom. The lowest BCUT2D eigenvalue weighted by Gasteiger charge is -2.30. The van der Waals surface area contributed by atoms with Gasteiger partial charge in [-0.3, -0.25) is 56.1 Å². The van der Waals surface area contributed by atoms with Gasteiger partial charge < -0.3 is 18.6 Å². The molecule has 0 unspecified atom stereocenters. The molecule has 2 aliphatic heterocycles. The maximum atomic E-state index is 13.6. The summed E-state index contributed by atoms with van der Waals surface area (Å²) in [7, 11) is -9.81. The molecular weight excluding hydrogens is 1400 g/mol. The number of carbonyl (C=O) groups excluding carboxylic acids is 4. The normalized spacial score (nSPS) is 13.4. The molecule has 540 valence electrons. The zero-order valence-corrected chi connectivity index (χ0v) is 64.9. The SMILES string of the molecule is C.C.C.C.C=CC(=O)N(C)Cc1oc2ccccc2c1C.C[Si](C)(C)CCOP(=O)(OCC[Si](C)(C)C)OCN1C(=O)CCc2cc(Br)ccc21.Cc1c(CN(C)C(=O)/C=C/c2cnc3c(c2)CCC(=O)N3COP(=O)(OCC[Si](C)(C)C)OCC[Si](C)(C)C)oc2ccccc12. The summed E-state index contributed by atoms with van der Waals surface area (Å²) in [6.07, 6.45) is 7.94. The Morgan fingerprint density at radius 1 is 0.577 bits per heavy atom. The summed E-state index contributed by atoms with van der Waals surface area (Å²) in [4.78, 5) is 60.4. The van der Waals surface area contributed by atoms with E-state index in [1.54, 1.807) is 36.2 Å². The molecule has 5 heterocycles. The summed E-state index contributed by atoms with van der Waals surface area (Å²) < 4.78 is 73.9. The van der Waals surface area contributed by atoms with Crippen molar-refractivity contribution in [2.75, 3.05) is 63.8 Å². The predicted molar refractivity (Wildman–Crippen MR) is 415 cm³/mol. The molecule has 8 rings (SSSR count). The smallest absolute Gasteiger partial charge is 0.459 e. The monoisotopic (exact) mass is 1510 g/mol. The highest BCUT2D eigenvalue weighted by Crippen LogP contribution is 2.52. The standard InChI is InChI=1S/C33H48N3O7PSi2.C20H35BrNO5PSi2.C14H15NO2.4CH4/c1-25-28-11-9-10-12-29(28)43-30(25)23-35(2)31(37)15-13-26-21-27-14-16-32(38)36(33(27)34-22-26)24-42-44(39,40-17-19-45(3,4)5)41-18-20-46(6,7)8;1-29(2,3)13-11-25-28(24,26-12-14-30(4,5)6)27-16-22-19-9-8-18(21)15-17(19)7-10-20(22)23;1-4-14(16)15(3)9-13-10(2)11-7-5-6-8-12(11)17-13;;;;/h9-13,15,21-22H,14,16-20,23-24H2,1-8H3;8-9,15H,7,10-14,16H2,1-6H3;4-8H,1,9H2,2-3H3;4*1H4/b15-13+;;;;;;. The van der Waals surface area contributed by atoms with Crippen LogP contribution in [0, 0.1) is 13.8 Å². The van der Waals surface area contributed by atoms with Crippen LogP contribution in [-0.4, -0.2) is 125 Å². The molecule has 0 radical (unpaired) electrons. The summed E-state index contributed by atoms with van der Waals surface area (Å²) >= 11 is 3.47. The highest BCUT2D eigenvalue weighted by molar-refractivity contribution is 9.10. The number of pyridine rings is 1. The molecule has 3 aromatic heterocycles. The fourth-order valence-electron chi connectivity index (χ4n) is 9.46. The minimum absolute atomic E-state index is 0. The number of aromatic nitrogens is 1. The Bertz CT molecular complexity index is 3660. The molecule has 0 saturated heterocycles. The van der Waals surface area contributed by atoms with Gasteiger partial charge in [-0.05, 0) is 116 Å². The molecule has 0 atom stereocenters. The van der Waals surface area contributed by atoms with Gasteiger partial charge in [0.1, 0.15) is 42.0 Å². The molecule has 2 aliphatic rings. The van der Waals surface area contributed by atoms with E-state index in [9.17, 15) is 28.3 Å². The second-order valence-corrected chi connectivity index (χ2v) is 55.1. The molecule has 0 fully saturated rings. The number of rotatable bonds is 29. The van der Waals surface area contributed by atoms with E-state index in [1.165, 1.54) is 22.0 Å². The van der Waals surface area contributed by atoms with Crippen molar-refractivity contribution < 1.29 is 64.3 Å². The van der Waals surface area contributed by atoms with E-state index in [0.29, 0.717) is 51.4 Å². The van der Waals surface area contributed by atoms with Crippen molar-refractivity contribution in [1.82, 2.24) is 14.8 Å². The number of nitrogens with zero attached hydrogens (tertiary/aromatic N) is 5. The van der Waals surface area contributed by atoms with Crippen LogP contribution < -0.4 is 9.80 Å². The summed E-state index contributed by atoms with van der Waals surface area (Å²) in [5, 5.41) is 2.14. The van der Waals surface area contributed by atoms with Gasteiger partial charge in [-0.1, -0.05) is 167 Å². The lowest BCUT2D eigenvalue weighted by molar-refractivity contribution is -0.126. The Balaban J connectivity index is 0.000000539. The van der Waals surface area contributed by atoms with Crippen LogP contribution in [0.4, 0.5) is 11.5 Å². The number of aryl methyl sites for hydroxylation is 4. The third-order valence-corrected chi connectivity index (χ3v) is 25.6. The van der Waals surface area contributed by atoms with Gasteiger partial charge in [-0.15, -0.1) is 0 Å². The van der Waals surface area contributed by atoms with Crippen molar-refractivity contribution in [3.05, 3.63) is 142 Å². The van der Waals surface area contributed by atoms with E-state index in [0.717, 1.165) is 95.6 Å². The molecule has 3 aromatic carbocycles. The number of para-hydroxylation sites is 2. The van der Waals surface area contributed by atoms with Crippen molar-refractivity contribution >= 4 is 127 Å². The fourth-order valence-corrected chi connectivity index (χ4v) is 15.6. The molecule has 0 bridgehead atoms. The number of halogens is 1. The minimum atomic E-state index is -3.91. The van der Waals surface area contributed by atoms with Crippen molar-refractivity contribution in [3.63, 3.8) is 0 Å². The van der Waals surface area contributed by atoms with Crippen LogP contribution in [-0.2, 0) is 81.4 Å². The second kappa shape index (κ2) is 38.6. The molecule has 0 saturated carbocycles. The Kier molecular flexibility index (Phi) is 35.0. The topological polar surface area (TPSA) is 210 Å². The van der Waals surface area contributed by atoms with Crippen molar-refractivity contribution in [2.24, 2.45) is 0 Å². The number of carbonyl (C=O) groups is 4. The van der Waals surface area contributed by atoms with Gasteiger partial charge in [0.2, 0.25) is 23.6 Å². The zero-order chi connectivity index (χ0) is 68.7. The van der Waals surface area contributed by atoms with Crippen LogP contribution in [0.15, 0.2) is 111 Å². The van der Waals surface area contributed by atoms with Crippen molar-refractivity contribution in [2.45, 2.75) is 185 Å². The number of likely N-dealkylation sites (N-methyl/N-ethyl adjacent to an activating group) is 2. The molecule has 19 nitrogen and oxygen atoms in total. The largest absolute Gasteiger partial charge is 0.476 e. The lowest BCUT2D eigenvalue weighted by atomic mass is 10.0. The van der Waals surface area contributed by atoms with E-state index >= 15 is 0 Å². The number of hydrogen-bond donors (Lipinski definition) is 0. The fraction of sp³-hybridized carbons (Fsp3) is 0.507. The van der Waals surface area contributed by atoms with Crippen LogP contribution in [0.25, 0.3) is 28.0 Å². The number of furan rings is 2. The maximum absolute atomic E-state index is 13.6. The summed E-state index contributed by atoms with van der Waals surface area (Å²) in [5.41, 5.74) is 7.17. The molecule has 0 spiro atoms. The van der Waals surface area contributed by atoms with Crippen LogP contribution >= 0.6 is 31.6 Å². The molecule has 0 N–H and O–H groups in total. The molecule has 0 aliphatic carbocycles. The quantitative estimate of drug-likeness (QED) is 0.0243. The molecule has 97 heavy (non-hydrogen) atoms. The van der Waals surface area contributed by atoms with E-state index < -0.39 is 47.9 Å². The van der Waals surface area contributed by atoms with Crippen molar-refractivity contribution in [3.8, 4) is 0 Å². The van der Waals surface area contributed by atoms with Gasteiger partial charge in [0.05, 0.1) is 39.5 Å². The van der Waals surface area contributed by atoms with E-state index in [-0.39, 0.29) is 86.4 Å². The molecule has 6 aromatic rings. The van der Waals surface area contributed by atoms with Crippen molar-refractivity contribution in [1.29, 1.82) is 0 Å². The zero-order valence-electron chi connectivity index (χ0n) is 57.5. The van der Waals surface area contributed by atoms with Crippen LogP contribution in [0.1, 0.15) is 81.9 Å². The highest BCUT2D eigenvalue weighted by Gasteiger charge is 2.35. The van der Waals surface area contributed by atoms with Crippen LogP contribution in [0.3, 0.4) is 0 Å². The third-order valence-electron chi connectivity index (χ3n) is 15.5. The average molecular weight is 1520 g/mol. The Labute approximate surface area is 592 Å². The number of phosphoric ester groups is 2. The maximum Gasteiger partial charge on any atom is 0.476 e. The average Bonchev–Trinajstić information content (AvgIpc) is 1.35. The van der Waals surface area contributed by atoms with Gasteiger partial charge in [0.15, 0.2) is 0 Å². The van der Waals surface area contributed by atoms with Gasteiger partial charge in [-0.2, -0.15) is 0 Å². The Hall–Kier alpha value is -5.18. The number of amides is 4. The van der Waals surface area contributed by atoms with Gasteiger partial charge in [-0.25, -0.2) is 14.1 Å². The number of benzene rings is 3. The first-order valence-corrected chi connectivity index (χ1v) is 50.2. The first-order valence-electron chi connectivity index (χ1n) is 31.6. The van der Waals surface area contributed by atoms with E-state index in [2.05, 4.69) is 106 Å². The summed E-state index contributed by atoms with van der Waals surface area (Å²) in [6.45, 7) is 35.7. The molecular formula is C71H114BrN5O14P2Si4. The first-order chi connectivity index (χ1) is 43.4. The number of anilines is 2. The molecule has 26 heteroatoms. The molecule has 4 amide bonds. The van der Waals surface area contributed by atoms with Crippen LogP contribution in [0.2, 0.25) is 103 Å². The van der Waals surface area contributed by atoms with Crippen LogP contribution in [0.5, 0.6) is 0 Å². The lowest BCUT2D eigenvalue weighted by Crippen LogP contribution is -2.37. The first kappa shape index (κ1) is 87.9. The van der Waals surface area contributed by atoms with E-state index in [4.69, 9.17) is 36.0 Å². The summed E-state index contributed by atoms with van der Waals surface area (Å²) in [5.74, 6) is 1.49. The number of phosphoric acid groups is 2. The second-order valence-electron chi connectivity index (χ2n) is 28.4.